The molecule has 2 N–H and O–H groups in total. The molecule has 0 atom stereocenters. The van der Waals surface area contributed by atoms with Gasteiger partial charge in [-0.05, 0) is 48.1 Å². The Morgan fingerprint density at radius 2 is 1.45 bits per heavy atom. The van der Waals surface area contributed by atoms with Crippen LogP contribution in [0.15, 0.2) is 42.5 Å². The number of hydrogen-bond donors (Lipinski definition) is 1. The van der Waals surface area contributed by atoms with E-state index in [1.54, 1.807) is 0 Å². The molecule has 0 amide bonds. The second-order valence-electron chi connectivity index (χ2n) is 6.38. The predicted octanol–water partition coefficient (Wildman–Crippen LogP) is 4.13. The maximum absolute atomic E-state index is 5.83. The fraction of sp³-hybridized carbons (Fsp3) is 0.368. The summed E-state index contributed by atoms with van der Waals surface area (Å²) in [7, 11) is 0. The van der Waals surface area contributed by atoms with Crippen LogP contribution in [0.2, 0.25) is 0 Å². The Kier molecular flexibility index (Phi) is 4.29. The summed E-state index contributed by atoms with van der Waals surface area (Å²) in [5.41, 5.74) is 12.6. The minimum atomic E-state index is 0.0545. The molecule has 1 nitrogen and oxygen atoms in total. The number of aryl methyl sites for hydroxylation is 2. The second-order valence-corrected chi connectivity index (χ2v) is 6.38. The molecule has 0 heterocycles. The van der Waals surface area contributed by atoms with Gasteiger partial charge < -0.3 is 5.73 Å². The van der Waals surface area contributed by atoms with Crippen molar-refractivity contribution in [3.63, 3.8) is 0 Å². The smallest absolute Gasteiger partial charge is 0.00190 e. The Labute approximate surface area is 122 Å². The molecule has 0 spiro atoms. The highest BCUT2D eigenvalue weighted by Crippen LogP contribution is 2.23. The molecule has 0 aliphatic heterocycles. The van der Waals surface area contributed by atoms with E-state index in [1.807, 2.05) is 0 Å². The highest BCUT2D eigenvalue weighted by Gasteiger charge is 2.17. The largest absolute Gasteiger partial charge is 0.330 e. The Morgan fingerprint density at radius 3 is 2.00 bits per heavy atom. The molecule has 0 aliphatic carbocycles. The van der Waals surface area contributed by atoms with Crippen LogP contribution >= 0.6 is 0 Å². The second kappa shape index (κ2) is 5.80. The van der Waals surface area contributed by atoms with Crippen molar-refractivity contribution in [2.45, 2.75) is 39.5 Å². The first kappa shape index (κ1) is 14.8. The van der Waals surface area contributed by atoms with Crippen LogP contribution in [0.4, 0.5) is 0 Å². The van der Waals surface area contributed by atoms with Crippen LogP contribution in [0, 0.1) is 13.8 Å². The van der Waals surface area contributed by atoms with E-state index in [0.717, 1.165) is 6.42 Å². The topological polar surface area (TPSA) is 26.0 Å². The van der Waals surface area contributed by atoms with Crippen LogP contribution in [0.1, 0.15) is 41.7 Å². The lowest BCUT2D eigenvalue weighted by Gasteiger charge is -2.23. The molecule has 0 aliphatic rings. The molecule has 0 aromatic heterocycles. The minimum Gasteiger partial charge on any atom is -0.330 e. The van der Waals surface area contributed by atoms with Crippen molar-refractivity contribution in [2.24, 2.45) is 5.73 Å². The first-order valence-electron chi connectivity index (χ1n) is 7.28. The molecule has 20 heavy (non-hydrogen) atoms. The highest BCUT2D eigenvalue weighted by atomic mass is 14.6. The molecule has 0 saturated heterocycles. The van der Waals surface area contributed by atoms with Crippen molar-refractivity contribution >= 4 is 0 Å². The fourth-order valence-electron chi connectivity index (χ4n) is 2.34. The predicted molar refractivity (Wildman–Crippen MR) is 87.2 cm³/mol. The van der Waals surface area contributed by atoms with Crippen LogP contribution in [0.25, 0.3) is 0 Å². The highest BCUT2D eigenvalue weighted by molar-refractivity contribution is 5.35. The standard InChI is InChI=1S/C19H25N/c1-14-5-6-17(11-15(14)2)12-16-7-9-18(10-8-16)19(3,4)13-20/h5-11H,12-13,20H2,1-4H3. The quantitative estimate of drug-likeness (QED) is 0.885. The number of nitrogens with two attached hydrogens (primary N) is 1. The van der Waals surface area contributed by atoms with Crippen molar-refractivity contribution < 1.29 is 0 Å². The van der Waals surface area contributed by atoms with E-state index < -0.39 is 0 Å². The lowest BCUT2D eigenvalue weighted by molar-refractivity contribution is 0.539. The lowest BCUT2D eigenvalue weighted by Crippen LogP contribution is -2.27. The molecule has 0 unspecified atom stereocenters. The van der Waals surface area contributed by atoms with E-state index in [0.29, 0.717) is 6.54 Å². The fourth-order valence-corrected chi connectivity index (χ4v) is 2.34. The van der Waals surface area contributed by atoms with Crippen LogP contribution < -0.4 is 5.73 Å². The van der Waals surface area contributed by atoms with E-state index in [2.05, 4.69) is 70.2 Å². The Morgan fingerprint density at radius 1 is 0.850 bits per heavy atom. The van der Waals surface area contributed by atoms with Crippen molar-refractivity contribution in [1.82, 2.24) is 0 Å². The third-order valence-electron chi connectivity index (χ3n) is 4.23. The molecule has 0 saturated carbocycles. The maximum Gasteiger partial charge on any atom is 0.00190 e. The number of hydrogen-bond acceptors (Lipinski definition) is 1. The average Bonchev–Trinajstić information content (AvgIpc) is 2.43. The summed E-state index contributed by atoms with van der Waals surface area (Å²) in [6, 6.07) is 15.6. The molecule has 0 radical (unpaired) electrons. The first-order chi connectivity index (χ1) is 9.42. The minimum absolute atomic E-state index is 0.0545. The monoisotopic (exact) mass is 267 g/mol. The normalized spacial score (nSPS) is 11.7. The molecule has 2 aromatic carbocycles. The maximum atomic E-state index is 5.83. The summed E-state index contributed by atoms with van der Waals surface area (Å²) in [6.45, 7) is 9.37. The summed E-state index contributed by atoms with van der Waals surface area (Å²) >= 11 is 0. The number of benzene rings is 2. The van der Waals surface area contributed by atoms with Gasteiger partial charge in [-0.15, -0.1) is 0 Å². The van der Waals surface area contributed by atoms with Gasteiger partial charge in [0.05, 0.1) is 0 Å². The van der Waals surface area contributed by atoms with Gasteiger partial charge in [-0.1, -0.05) is 56.3 Å². The Bertz CT molecular complexity index is 579. The van der Waals surface area contributed by atoms with E-state index in [1.165, 1.54) is 27.8 Å². The zero-order valence-electron chi connectivity index (χ0n) is 13.0. The van der Waals surface area contributed by atoms with Crippen molar-refractivity contribution in [3.8, 4) is 0 Å². The lowest BCUT2D eigenvalue weighted by atomic mass is 9.84. The summed E-state index contributed by atoms with van der Waals surface area (Å²) < 4.78 is 0. The molecule has 0 fully saturated rings. The van der Waals surface area contributed by atoms with Crippen LogP contribution in [0.5, 0.6) is 0 Å². The Balaban J connectivity index is 2.16. The van der Waals surface area contributed by atoms with Gasteiger partial charge in [-0.3, -0.25) is 0 Å². The van der Waals surface area contributed by atoms with Gasteiger partial charge in [0.25, 0.3) is 0 Å². The van der Waals surface area contributed by atoms with Gasteiger partial charge in [-0.25, -0.2) is 0 Å². The van der Waals surface area contributed by atoms with Crippen LogP contribution in [-0.4, -0.2) is 6.54 Å². The molecular formula is C19H25N. The van der Waals surface area contributed by atoms with Gasteiger partial charge in [-0.2, -0.15) is 0 Å². The van der Waals surface area contributed by atoms with Crippen molar-refractivity contribution in [2.75, 3.05) is 6.54 Å². The summed E-state index contributed by atoms with van der Waals surface area (Å²) in [4.78, 5) is 0. The Hall–Kier alpha value is -1.60. The van der Waals surface area contributed by atoms with Crippen molar-refractivity contribution in [1.29, 1.82) is 0 Å². The van der Waals surface area contributed by atoms with E-state index >= 15 is 0 Å². The van der Waals surface area contributed by atoms with Gasteiger partial charge in [0, 0.05) is 12.0 Å². The summed E-state index contributed by atoms with van der Waals surface area (Å²) in [6.07, 6.45) is 0.991. The molecule has 0 bridgehead atoms. The third kappa shape index (κ3) is 3.29. The number of rotatable bonds is 4. The van der Waals surface area contributed by atoms with Gasteiger partial charge in [0.2, 0.25) is 0 Å². The molecule has 2 rings (SSSR count). The van der Waals surface area contributed by atoms with Crippen LogP contribution in [-0.2, 0) is 11.8 Å². The average molecular weight is 267 g/mol. The van der Waals surface area contributed by atoms with Crippen molar-refractivity contribution in [3.05, 3.63) is 70.3 Å². The molecule has 2 aromatic rings. The van der Waals surface area contributed by atoms with E-state index in [-0.39, 0.29) is 5.41 Å². The van der Waals surface area contributed by atoms with E-state index in [4.69, 9.17) is 5.73 Å². The summed E-state index contributed by atoms with van der Waals surface area (Å²) in [5, 5.41) is 0. The van der Waals surface area contributed by atoms with Gasteiger partial charge in [0.15, 0.2) is 0 Å². The van der Waals surface area contributed by atoms with Gasteiger partial charge >= 0.3 is 0 Å². The zero-order chi connectivity index (χ0) is 14.8. The molecule has 1 heteroatoms. The third-order valence-corrected chi connectivity index (χ3v) is 4.23. The SMILES string of the molecule is Cc1ccc(Cc2ccc(C(C)(C)CN)cc2)cc1C. The van der Waals surface area contributed by atoms with E-state index in [9.17, 15) is 0 Å². The van der Waals surface area contributed by atoms with Crippen LogP contribution in [0.3, 0.4) is 0 Å². The zero-order valence-corrected chi connectivity index (χ0v) is 13.0. The first-order valence-corrected chi connectivity index (χ1v) is 7.28. The van der Waals surface area contributed by atoms with Gasteiger partial charge in [0.1, 0.15) is 0 Å². The summed E-state index contributed by atoms with van der Waals surface area (Å²) in [5.74, 6) is 0. The molecular weight excluding hydrogens is 242 g/mol. The molecule has 106 valence electrons.